The monoisotopic (exact) mass is 478 g/mol. The van der Waals surface area contributed by atoms with Crippen molar-refractivity contribution in [2.45, 2.75) is 30.6 Å². The number of aliphatic carboxylic acids is 1. The number of fused-ring (bicyclic) bond motifs is 1. The van der Waals surface area contributed by atoms with Crippen LogP contribution in [0.15, 0.2) is 27.7 Å². The van der Waals surface area contributed by atoms with E-state index in [0.717, 1.165) is 11.8 Å². The summed E-state index contributed by atoms with van der Waals surface area (Å²) in [6, 6.07) is 3.91. The van der Waals surface area contributed by atoms with Gasteiger partial charge in [-0.25, -0.2) is 12.8 Å². The highest BCUT2D eigenvalue weighted by atomic mass is 79.9. The first-order valence-electron chi connectivity index (χ1n) is 8.11. The van der Waals surface area contributed by atoms with Gasteiger partial charge in [0.25, 0.3) is 0 Å². The van der Waals surface area contributed by atoms with Gasteiger partial charge in [0.2, 0.25) is 5.91 Å². The molecule has 2 heterocycles. The van der Waals surface area contributed by atoms with E-state index in [0.29, 0.717) is 4.47 Å². The molecule has 2 fully saturated rings. The van der Waals surface area contributed by atoms with E-state index in [2.05, 4.69) is 20.9 Å². The molecule has 0 bridgehead atoms. The number of hydrogen-bond acceptors (Lipinski definition) is 5. The Morgan fingerprint density at radius 1 is 1.33 bits per heavy atom. The summed E-state index contributed by atoms with van der Waals surface area (Å²) >= 11 is 4.33. The van der Waals surface area contributed by atoms with Gasteiger partial charge in [0.1, 0.15) is 5.82 Å². The Kier molecular flexibility index (Phi) is 5.92. The van der Waals surface area contributed by atoms with Crippen molar-refractivity contribution in [1.29, 1.82) is 0 Å². The van der Waals surface area contributed by atoms with Gasteiger partial charge in [-0.05, 0) is 24.6 Å². The molecule has 2 aliphatic rings. The number of aliphatic imine (C=N–C) groups is 1. The zero-order chi connectivity index (χ0) is 19.8. The summed E-state index contributed by atoms with van der Waals surface area (Å²) in [6.45, 7) is 0. The second-order valence-corrected chi connectivity index (χ2v) is 10.6. The van der Waals surface area contributed by atoms with Crippen LogP contribution in [0.1, 0.15) is 19.3 Å². The highest BCUT2D eigenvalue weighted by Gasteiger charge is 2.49. The summed E-state index contributed by atoms with van der Waals surface area (Å²) in [5.41, 5.74) is 0.160. The molecule has 2 aliphatic heterocycles. The molecule has 2 saturated heterocycles. The maximum Gasteiger partial charge on any atom is 0.303 e. The number of thioether (sulfide) groups is 1. The number of benzene rings is 1. The lowest BCUT2D eigenvalue weighted by atomic mass is 10.2. The summed E-state index contributed by atoms with van der Waals surface area (Å²) in [6.07, 6.45) is -0.0254. The predicted octanol–water partition coefficient (Wildman–Crippen LogP) is 2.44. The van der Waals surface area contributed by atoms with Gasteiger partial charge in [0.15, 0.2) is 15.0 Å². The number of carbonyl (C=O) groups excluding carboxylic acids is 1. The molecule has 1 aromatic carbocycles. The molecule has 0 unspecified atom stereocenters. The first kappa shape index (κ1) is 20.3. The molecule has 1 amide bonds. The van der Waals surface area contributed by atoms with Gasteiger partial charge in [0, 0.05) is 22.6 Å². The first-order chi connectivity index (χ1) is 12.7. The van der Waals surface area contributed by atoms with Crippen molar-refractivity contribution in [2.75, 3.05) is 16.4 Å². The van der Waals surface area contributed by atoms with Crippen LogP contribution < -0.4 is 4.90 Å². The highest BCUT2D eigenvalue weighted by Crippen LogP contribution is 2.42. The molecule has 7 nitrogen and oxygen atoms in total. The van der Waals surface area contributed by atoms with Crippen molar-refractivity contribution >= 4 is 60.3 Å². The van der Waals surface area contributed by atoms with Crippen LogP contribution >= 0.6 is 27.7 Å². The molecule has 1 N–H and O–H groups in total. The van der Waals surface area contributed by atoms with Crippen LogP contribution in [0.2, 0.25) is 0 Å². The quantitative estimate of drug-likeness (QED) is 0.692. The summed E-state index contributed by atoms with van der Waals surface area (Å²) in [5.74, 6) is -2.25. The topological polar surface area (TPSA) is 104 Å². The standard InChI is InChI=1S/C16H16BrFN2O5S2/c17-9-4-5-11(10(18)6-9)20-12-7-27(24,25)8-13(12)26-16(20)19-14(21)2-1-3-15(22)23/h4-6,12-13H,1-3,7-8H2,(H,22,23)/t12-,13-/m1/s1. The number of carboxylic acids is 1. The Balaban J connectivity index is 1.89. The van der Waals surface area contributed by atoms with Gasteiger partial charge in [-0.2, -0.15) is 4.99 Å². The minimum Gasteiger partial charge on any atom is -0.481 e. The van der Waals surface area contributed by atoms with E-state index in [-0.39, 0.29) is 46.9 Å². The molecule has 0 saturated carbocycles. The van der Waals surface area contributed by atoms with E-state index >= 15 is 0 Å². The number of sulfone groups is 1. The average Bonchev–Trinajstić information content (AvgIpc) is 2.98. The molecule has 0 aliphatic carbocycles. The number of halogens is 2. The number of amides is 1. The van der Waals surface area contributed by atoms with Crippen LogP contribution in [0.3, 0.4) is 0 Å². The number of carboxylic acid groups (broad SMARTS) is 1. The largest absolute Gasteiger partial charge is 0.481 e. The second kappa shape index (κ2) is 7.88. The minimum absolute atomic E-state index is 0.0410. The fraction of sp³-hybridized carbons (Fsp3) is 0.438. The van der Waals surface area contributed by atoms with Crippen molar-refractivity contribution in [3.05, 3.63) is 28.5 Å². The van der Waals surface area contributed by atoms with Gasteiger partial charge in [-0.3, -0.25) is 9.59 Å². The summed E-state index contributed by atoms with van der Waals surface area (Å²) in [7, 11) is -3.24. The maximum absolute atomic E-state index is 14.5. The normalized spacial score (nSPS) is 25.0. The van der Waals surface area contributed by atoms with Crippen molar-refractivity contribution < 1.29 is 27.5 Å². The highest BCUT2D eigenvalue weighted by molar-refractivity contribution is 9.10. The van der Waals surface area contributed by atoms with E-state index in [1.807, 2.05) is 0 Å². The lowest BCUT2D eigenvalue weighted by Crippen LogP contribution is -2.38. The molecule has 0 aromatic heterocycles. The fourth-order valence-corrected chi connectivity index (χ4v) is 7.33. The SMILES string of the molecule is O=C(O)CCCC(=O)N=C1S[C@@H]2CS(=O)(=O)C[C@H]2N1c1ccc(Br)cc1F. The van der Waals surface area contributed by atoms with Crippen molar-refractivity contribution in [3.63, 3.8) is 0 Å². The van der Waals surface area contributed by atoms with Gasteiger partial charge in [-0.15, -0.1) is 0 Å². The number of amidine groups is 1. The molecule has 0 radical (unpaired) electrons. The van der Waals surface area contributed by atoms with E-state index in [9.17, 15) is 22.4 Å². The van der Waals surface area contributed by atoms with E-state index in [4.69, 9.17) is 5.11 Å². The number of rotatable bonds is 5. The fourth-order valence-electron chi connectivity index (χ4n) is 3.08. The summed E-state index contributed by atoms with van der Waals surface area (Å²) < 4.78 is 39.0. The Morgan fingerprint density at radius 2 is 2.07 bits per heavy atom. The Morgan fingerprint density at radius 3 is 2.74 bits per heavy atom. The smallest absolute Gasteiger partial charge is 0.303 e. The van der Waals surface area contributed by atoms with Crippen LogP contribution in [-0.2, 0) is 19.4 Å². The van der Waals surface area contributed by atoms with Crippen LogP contribution in [-0.4, -0.2) is 53.4 Å². The van der Waals surface area contributed by atoms with Gasteiger partial charge in [0.05, 0.1) is 23.2 Å². The third-order valence-corrected chi connectivity index (χ3v) is 7.94. The molecule has 11 heteroatoms. The van der Waals surface area contributed by atoms with Gasteiger partial charge in [-0.1, -0.05) is 27.7 Å². The number of anilines is 1. The van der Waals surface area contributed by atoms with Gasteiger partial charge < -0.3 is 10.0 Å². The van der Waals surface area contributed by atoms with Crippen LogP contribution in [0, 0.1) is 5.82 Å². The Hall–Kier alpha value is -1.46. The molecule has 146 valence electrons. The molecular weight excluding hydrogens is 463 g/mol. The summed E-state index contributed by atoms with van der Waals surface area (Å²) in [5, 5.41) is 8.57. The molecule has 2 atom stereocenters. The molecule has 1 aromatic rings. The maximum atomic E-state index is 14.5. The van der Waals surface area contributed by atoms with E-state index in [1.165, 1.54) is 17.0 Å². The zero-order valence-corrected chi connectivity index (χ0v) is 17.2. The van der Waals surface area contributed by atoms with E-state index in [1.54, 1.807) is 6.07 Å². The van der Waals surface area contributed by atoms with E-state index < -0.39 is 33.6 Å². The van der Waals surface area contributed by atoms with Crippen molar-refractivity contribution in [3.8, 4) is 0 Å². The zero-order valence-electron chi connectivity index (χ0n) is 14.0. The average molecular weight is 479 g/mol. The van der Waals surface area contributed by atoms with Gasteiger partial charge >= 0.3 is 5.97 Å². The van der Waals surface area contributed by atoms with Crippen molar-refractivity contribution in [2.24, 2.45) is 4.99 Å². The molecule has 3 rings (SSSR count). The molecule has 0 spiro atoms. The number of hydrogen-bond donors (Lipinski definition) is 1. The lowest BCUT2D eigenvalue weighted by Gasteiger charge is -2.25. The van der Waals surface area contributed by atoms with Crippen molar-refractivity contribution in [1.82, 2.24) is 0 Å². The van der Waals surface area contributed by atoms with Crippen LogP contribution in [0.5, 0.6) is 0 Å². The number of nitrogens with zero attached hydrogens (tertiary/aromatic N) is 2. The Bertz CT molecular complexity index is 921. The van der Waals surface area contributed by atoms with Crippen LogP contribution in [0.4, 0.5) is 10.1 Å². The Labute approximate surface area is 168 Å². The third kappa shape index (κ3) is 4.69. The van der Waals surface area contributed by atoms with Crippen LogP contribution in [0.25, 0.3) is 0 Å². The third-order valence-electron chi connectivity index (χ3n) is 4.24. The first-order valence-corrected chi connectivity index (χ1v) is 11.6. The number of carbonyl (C=O) groups is 2. The predicted molar refractivity (Wildman–Crippen MR) is 104 cm³/mol. The minimum atomic E-state index is -3.24. The second-order valence-electron chi connectivity index (χ2n) is 6.30. The molecule has 27 heavy (non-hydrogen) atoms. The summed E-state index contributed by atoms with van der Waals surface area (Å²) in [4.78, 5) is 28.2. The molecular formula is C16H16BrFN2O5S2. The lowest BCUT2D eigenvalue weighted by molar-refractivity contribution is -0.137.